The summed E-state index contributed by atoms with van der Waals surface area (Å²) in [5.74, 6) is 0. The second kappa shape index (κ2) is 3.56. The van der Waals surface area contributed by atoms with Gasteiger partial charge in [0.25, 0.3) is 0 Å². The fraction of sp³-hybridized carbons (Fsp3) is 0.167. The molecule has 0 atom stereocenters. The Morgan fingerprint density at radius 2 is 2.36 bits per heavy atom. The second-order valence-electron chi connectivity index (χ2n) is 1.66. The molecule has 0 aromatic carbocycles. The van der Waals surface area contributed by atoms with Crippen LogP contribution in [0, 0.1) is 11.3 Å². The molecule has 0 bridgehead atoms. The number of aromatic nitrogens is 2. The van der Waals surface area contributed by atoms with E-state index < -0.39 is 0 Å². The summed E-state index contributed by atoms with van der Waals surface area (Å²) in [6, 6.07) is 1.94. The van der Waals surface area contributed by atoms with Crippen LogP contribution in [0.2, 0.25) is 5.15 Å². The molecule has 5 heteroatoms. The van der Waals surface area contributed by atoms with E-state index in [1.807, 2.05) is 12.3 Å². The van der Waals surface area contributed by atoms with Crippen molar-refractivity contribution in [1.29, 1.82) is 5.26 Å². The van der Waals surface area contributed by atoms with E-state index in [0.29, 0.717) is 10.6 Å². The van der Waals surface area contributed by atoms with E-state index in [1.165, 1.54) is 18.1 Å². The first-order valence-corrected chi connectivity index (χ1v) is 4.34. The Kier molecular flexibility index (Phi) is 2.69. The van der Waals surface area contributed by atoms with E-state index in [9.17, 15) is 0 Å². The molecule has 0 saturated carbocycles. The fourth-order valence-electron chi connectivity index (χ4n) is 0.598. The van der Waals surface area contributed by atoms with Crippen LogP contribution >= 0.6 is 23.4 Å². The normalized spacial score (nSPS) is 9.18. The summed E-state index contributed by atoms with van der Waals surface area (Å²) in [5, 5.41) is 9.44. The monoisotopic (exact) mass is 185 g/mol. The molecule has 56 valence electrons. The molecule has 1 rings (SSSR count). The minimum absolute atomic E-state index is 0.215. The zero-order valence-electron chi connectivity index (χ0n) is 5.71. The predicted octanol–water partition coefficient (Wildman–Crippen LogP) is 1.72. The van der Waals surface area contributed by atoms with E-state index in [4.69, 9.17) is 16.9 Å². The average molecular weight is 186 g/mol. The van der Waals surface area contributed by atoms with Crippen molar-refractivity contribution in [3.63, 3.8) is 0 Å². The molecule has 0 aliphatic carbocycles. The van der Waals surface area contributed by atoms with Crippen molar-refractivity contribution in [2.24, 2.45) is 0 Å². The van der Waals surface area contributed by atoms with Gasteiger partial charge in [0.1, 0.15) is 23.0 Å². The Morgan fingerprint density at radius 3 is 2.82 bits per heavy atom. The number of nitriles is 1. The van der Waals surface area contributed by atoms with Gasteiger partial charge in [-0.25, -0.2) is 9.97 Å². The van der Waals surface area contributed by atoms with E-state index >= 15 is 0 Å². The Morgan fingerprint density at radius 1 is 1.64 bits per heavy atom. The maximum absolute atomic E-state index is 8.60. The number of thioether (sulfide) groups is 1. The first kappa shape index (κ1) is 8.31. The summed E-state index contributed by atoms with van der Waals surface area (Å²) in [4.78, 5) is 7.55. The van der Waals surface area contributed by atoms with Crippen LogP contribution in [0.4, 0.5) is 0 Å². The highest BCUT2D eigenvalue weighted by Crippen LogP contribution is 2.21. The minimum Gasteiger partial charge on any atom is -0.229 e. The molecule has 0 aliphatic heterocycles. The van der Waals surface area contributed by atoms with Gasteiger partial charge in [-0.1, -0.05) is 11.6 Å². The van der Waals surface area contributed by atoms with Gasteiger partial charge < -0.3 is 0 Å². The van der Waals surface area contributed by atoms with Crippen LogP contribution in [0.3, 0.4) is 0 Å². The van der Waals surface area contributed by atoms with Gasteiger partial charge in [0.05, 0.1) is 0 Å². The standard InChI is InChI=1S/C6H4ClN3S/c1-11-6-4(2-8)5(7)9-3-10-6/h3H,1H3. The molecule has 0 spiro atoms. The maximum Gasteiger partial charge on any atom is 0.151 e. The van der Waals surface area contributed by atoms with Gasteiger partial charge in [0.15, 0.2) is 5.15 Å². The first-order chi connectivity index (χ1) is 5.29. The summed E-state index contributed by atoms with van der Waals surface area (Å²) in [5.41, 5.74) is 0.349. The van der Waals surface area contributed by atoms with Gasteiger partial charge >= 0.3 is 0 Å². The van der Waals surface area contributed by atoms with Crippen molar-refractivity contribution in [3.8, 4) is 6.07 Å². The highest BCUT2D eigenvalue weighted by atomic mass is 35.5. The topological polar surface area (TPSA) is 49.6 Å². The molecule has 0 unspecified atom stereocenters. The summed E-state index contributed by atoms with van der Waals surface area (Å²) in [6.45, 7) is 0. The molecular weight excluding hydrogens is 182 g/mol. The lowest BCUT2D eigenvalue weighted by atomic mass is 10.4. The third-order valence-electron chi connectivity index (χ3n) is 1.07. The maximum atomic E-state index is 8.60. The van der Waals surface area contributed by atoms with Gasteiger partial charge in [-0.05, 0) is 6.26 Å². The number of hydrogen-bond donors (Lipinski definition) is 0. The molecule has 0 fully saturated rings. The van der Waals surface area contributed by atoms with Crippen LogP contribution in [-0.2, 0) is 0 Å². The van der Waals surface area contributed by atoms with Crippen LogP contribution in [0.25, 0.3) is 0 Å². The smallest absolute Gasteiger partial charge is 0.151 e. The van der Waals surface area contributed by atoms with Crippen LogP contribution in [0.15, 0.2) is 11.4 Å². The Labute approximate surface area is 73.4 Å². The molecular formula is C6H4ClN3S. The molecule has 3 nitrogen and oxygen atoms in total. The lowest BCUT2D eigenvalue weighted by molar-refractivity contribution is 1.03. The van der Waals surface area contributed by atoms with Gasteiger partial charge in [-0.2, -0.15) is 5.26 Å². The van der Waals surface area contributed by atoms with Crippen molar-refractivity contribution in [2.75, 3.05) is 6.26 Å². The van der Waals surface area contributed by atoms with Gasteiger partial charge in [0, 0.05) is 0 Å². The Bertz CT molecular complexity index is 307. The fourth-order valence-corrected chi connectivity index (χ4v) is 1.33. The molecule has 0 aliphatic rings. The highest BCUT2D eigenvalue weighted by Gasteiger charge is 2.06. The summed E-state index contributed by atoms with van der Waals surface area (Å²) >= 11 is 7.00. The Hall–Kier alpha value is -0.790. The molecule has 1 heterocycles. The SMILES string of the molecule is CSc1ncnc(Cl)c1C#N. The van der Waals surface area contributed by atoms with Crippen molar-refractivity contribution in [1.82, 2.24) is 9.97 Å². The quantitative estimate of drug-likeness (QED) is 0.494. The molecule has 0 N–H and O–H groups in total. The third kappa shape index (κ3) is 1.62. The number of rotatable bonds is 1. The van der Waals surface area contributed by atoms with Gasteiger partial charge in [-0.3, -0.25) is 0 Å². The lowest BCUT2D eigenvalue weighted by Crippen LogP contribution is -1.89. The molecule has 1 aromatic rings. The van der Waals surface area contributed by atoms with Crippen LogP contribution < -0.4 is 0 Å². The van der Waals surface area contributed by atoms with Crippen LogP contribution in [-0.4, -0.2) is 16.2 Å². The molecule has 0 amide bonds. The van der Waals surface area contributed by atoms with Crippen LogP contribution in [0.1, 0.15) is 5.56 Å². The number of nitrogens with zero attached hydrogens (tertiary/aromatic N) is 3. The lowest BCUT2D eigenvalue weighted by Gasteiger charge is -1.97. The van der Waals surface area contributed by atoms with Crippen molar-refractivity contribution in [3.05, 3.63) is 17.0 Å². The zero-order valence-corrected chi connectivity index (χ0v) is 7.28. The number of halogens is 1. The zero-order chi connectivity index (χ0) is 8.27. The largest absolute Gasteiger partial charge is 0.229 e. The Balaban J connectivity index is 3.27. The van der Waals surface area contributed by atoms with E-state index in [0.717, 1.165) is 0 Å². The van der Waals surface area contributed by atoms with Crippen molar-refractivity contribution in [2.45, 2.75) is 5.03 Å². The van der Waals surface area contributed by atoms with Crippen molar-refractivity contribution < 1.29 is 0 Å². The molecule has 11 heavy (non-hydrogen) atoms. The summed E-state index contributed by atoms with van der Waals surface area (Å²) < 4.78 is 0. The van der Waals surface area contributed by atoms with Gasteiger partial charge in [-0.15, -0.1) is 11.8 Å². The second-order valence-corrected chi connectivity index (χ2v) is 2.81. The molecule has 0 radical (unpaired) electrons. The van der Waals surface area contributed by atoms with Crippen molar-refractivity contribution >= 4 is 23.4 Å². The molecule has 1 aromatic heterocycles. The van der Waals surface area contributed by atoms with E-state index in [1.54, 1.807) is 0 Å². The highest BCUT2D eigenvalue weighted by molar-refractivity contribution is 7.98. The minimum atomic E-state index is 0.215. The summed E-state index contributed by atoms with van der Waals surface area (Å²) in [6.07, 6.45) is 3.18. The first-order valence-electron chi connectivity index (χ1n) is 2.74. The average Bonchev–Trinajstić information content (AvgIpc) is 2.04. The van der Waals surface area contributed by atoms with E-state index in [2.05, 4.69) is 9.97 Å². The third-order valence-corrected chi connectivity index (χ3v) is 2.05. The predicted molar refractivity (Wildman–Crippen MR) is 43.5 cm³/mol. The summed E-state index contributed by atoms with van der Waals surface area (Å²) in [7, 11) is 0. The van der Waals surface area contributed by atoms with Crippen LogP contribution in [0.5, 0.6) is 0 Å². The van der Waals surface area contributed by atoms with E-state index in [-0.39, 0.29) is 5.15 Å². The molecule has 0 saturated heterocycles. The van der Waals surface area contributed by atoms with Gasteiger partial charge in [0.2, 0.25) is 0 Å². The number of hydrogen-bond acceptors (Lipinski definition) is 4.